The van der Waals surface area contributed by atoms with Gasteiger partial charge in [-0.05, 0) is 72.6 Å². The molecule has 0 atom stereocenters. The summed E-state index contributed by atoms with van der Waals surface area (Å²) in [5, 5.41) is 15.3. The lowest BCUT2D eigenvalue weighted by molar-refractivity contribution is -0.146. The van der Waals surface area contributed by atoms with E-state index in [1.165, 1.54) is 13.8 Å². The standard InChI is InChI=1S/C24H25ClN4O3.C12H12ClN3O.C6H10O2/c1-16(30)22-23(26-15-29(22)13-17-7-9-19(25)10-8-17)28-24(31)27-20-11-21(12-20)32-14-18-5-3-2-4-6-18;1-8(17)11-12(14)15-7-16(11)6-9-2-4-10(13)5-3-9;1-4-2-5(3-4)6(7)8/h2-10,15,20-21H,11-14H2,1H3,(H2,27,28,31);2-5,7H,6,14H2,1H3;4-5H,2-3H2,1H3,(H,7,8). The number of imidazole rings is 2. The van der Waals surface area contributed by atoms with E-state index in [4.69, 9.17) is 38.8 Å². The van der Waals surface area contributed by atoms with Gasteiger partial charge >= 0.3 is 12.0 Å². The van der Waals surface area contributed by atoms with Crippen LogP contribution in [0.1, 0.15) is 84.1 Å². The van der Waals surface area contributed by atoms with Crippen molar-refractivity contribution in [3.8, 4) is 0 Å². The summed E-state index contributed by atoms with van der Waals surface area (Å²) in [7, 11) is 0. The summed E-state index contributed by atoms with van der Waals surface area (Å²) in [4.78, 5) is 54.4. The minimum absolute atomic E-state index is 0.0231. The highest BCUT2D eigenvalue weighted by atomic mass is 35.5. The van der Waals surface area contributed by atoms with Crippen LogP contribution in [0.25, 0.3) is 0 Å². The van der Waals surface area contributed by atoms with Gasteiger partial charge in [-0.15, -0.1) is 0 Å². The number of halogens is 2. The number of nitrogen functional groups attached to an aromatic ring is 1. The molecule has 0 aliphatic heterocycles. The van der Waals surface area contributed by atoms with Crippen molar-refractivity contribution in [2.75, 3.05) is 11.1 Å². The maximum absolute atomic E-state index is 12.4. The molecule has 2 heterocycles. The van der Waals surface area contributed by atoms with Gasteiger partial charge in [0.05, 0.1) is 31.3 Å². The van der Waals surface area contributed by atoms with Gasteiger partial charge in [0, 0.05) is 43.0 Å². The minimum atomic E-state index is -0.622. The summed E-state index contributed by atoms with van der Waals surface area (Å²) in [5.41, 5.74) is 9.59. The molecular formula is C42H47Cl2N7O6. The molecule has 5 N–H and O–H groups in total. The molecule has 2 aromatic heterocycles. The van der Waals surface area contributed by atoms with Gasteiger partial charge in [-0.25, -0.2) is 14.8 Å². The number of aromatic nitrogens is 4. The molecule has 5 aromatic rings. The number of ketones is 2. The summed E-state index contributed by atoms with van der Waals surface area (Å²) in [5.74, 6) is 0.259. The lowest BCUT2D eigenvalue weighted by Crippen LogP contribution is -2.49. The van der Waals surface area contributed by atoms with Gasteiger partial charge in [-0.1, -0.05) is 84.7 Å². The molecule has 0 bridgehead atoms. The van der Waals surface area contributed by atoms with Crippen molar-refractivity contribution in [3.05, 3.63) is 130 Å². The summed E-state index contributed by atoms with van der Waals surface area (Å²) in [6.45, 7) is 6.59. The van der Waals surface area contributed by atoms with E-state index in [2.05, 4.69) is 27.5 Å². The number of nitrogens with two attached hydrogens (primary N) is 1. The van der Waals surface area contributed by atoms with Crippen LogP contribution in [0.4, 0.5) is 16.4 Å². The summed E-state index contributed by atoms with van der Waals surface area (Å²) >= 11 is 11.7. The Morgan fingerprint density at radius 3 is 1.79 bits per heavy atom. The zero-order valence-corrected chi connectivity index (χ0v) is 33.5. The number of amides is 2. The molecule has 0 spiro atoms. The fraction of sp³-hybridized carbons (Fsp3) is 0.333. The minimum Gasteiger partial charge on any atom is -0.481 e. The van der Waals surface area contributed by atoms with Crippen LogP contribution in [0.15, 0.2) is 91.5 Å². The van der Waals surface area contributed by atoms with Crippen molar-refractivity contribution < 1.29 is 29.0 Å². The molecule has 300 valence electrons. The third kappa shape index (κ3) is 12.5. The van der Waals surface area contributed by atoms with E-state index in [0.717, 1.165) is 42.4 Å². The third-order valence-corrected chi connectivity index (χ3v) is 10.1. The number of anilines is 2. The molecule has 0 unspecified atom stereocenters. The molecule has 2 aliphatic rings. The van der Waals surface area contributed by atoms with Gasteiger partial charge in [-0.3, -0.25) is 19.7 Å². The summed E-state index contributed by atoms with van der Waals surface area (Å²) in [6, 6.07) is 24.5. The van der Waals surface area contributed by atoms with Crippen LogP contribution >= 0.6 is 23.2 Å². The first-order valence-corrected chi connectivity index (χ1v) is 19.3. The summed E-state index contributed by atoms with van der Waals surface area (Å²) in [6.07, 6.45) is 6.53. The van der Waals surface area contributed by atoms with Gasteiger partial charge in [0.25, 0.3) is 0 Å². The zero-order chi connectivity index (χ0) is 41.1. The lowest BCUT2D eigenvalue weighted by Gasteiger charge is -2.35. The number of carbonyl (C=O) groups excluding carboxylic acids is 3. The Labute approximate surface area is 341 Å². The number of carboxylic acid groups (broad SMARTS) is 1. The number of hydrogen-bond acceptors (Lipinski definition) is 8. The van der Waals surface area contributed by atoms with E-state index < -0.39 is 5.97 Å². The van der Waals surface area contributed by atoms with Crippen LogP contribution in [0.2, 0.25) is 10.0 Å². The summed E-state index contributed by atoms with van der Waals surface area (Å²) < 4.78 is 9.33. The molecule has 15 heteroatoms. The number of ether oxygens (including phenoxy) is 1. The zero-order valence-electron chi connectivity index (χ0n) is 32.0. The number of carboxylic acids is 1. The predicted molar refractivity (Wildman–Crippen MR) is 220 cm³/mol. The van der Waals surface area contributed by atoms with Gasteiger partial charge in [0.2, 0.25) is 0 Å². The number of Topliss-reactive ketones (excluding diaryl/α,β-unsaturated/α-hetero) is 2. The number of benzene rings is 3. The van der Waals surface area contributed by atoms with Gasteiger partial charge in [0.15, 0.2) is 23.2 Å². The molecule has 7 rings (SSSR count). The molecule has 57 heavy (non-hydrogen) atoms. The van der Waals surface area contributed by atoms with Crippen LogP contribution in [0, 0.1) is 11.8 Å². The average Bonchev–Trinajstić information content (AvgIpc) is 3.72. The maximum atomic E-state index is 12.4. The Balaban J connectivity index is 0.000000205. The molecule has 2 aliphatic carbocycles. The molecular weight excluding hydrogens is 769 g/mol. The quantitative estimate of drug-likeness (QED) is 0.0903. The molecule has 2 saturated carbocycles. The SMILES string of the molecule is CC(=O)c1c(N)ncn1Cc1ccc(Cl)cc1.CC(=O)c1c(NC(=O)NC2CC(OCc3ccccc3)C2)ncn1Cc1ccc(Cl)cc1.CC1CC(C(=O)O)C1. The van der Waals surface area contributed by atoms with Crippen molar-refractivity contribution in [3.63, 3.8) is 0 Å². The molecule has 13 nitrogen and oxygen atoms in total. The number of urea groups is 1. The van der Waals surface area contributed by atoms with E-state index in [1.54, 1.807) is 33.9 Å². The van der Waals surface area contributed by atoms with Crippen molar-refractivity contribution >= 4 is 58.4 Å². The monoisotopic (exact) mass is 815 g/mol. The average molecular weight is 817 g/mol. The maximum Gasteiger partial charge on any atom is 0.320 e. The first kappa shape index (κ1) is 42.6. The van der Waals surface area contributed by atoms with E-state index in [9.17, 15) is 19.2 Å². The van der Waals surface area contributed by atoms with Crippen molar-refractivity contribution in [1.82, 2.24) is 24.4 Å². The Kier molecular flexibility index (Phi) is 15.0. The van der Waals surface area contributed by atoms with E-state index >= 15 is 0 Å². The van der Waals surface area contributed by atoms with Gasteiger partial charge in [0.1, 0.15) is 11.4 Å². The Morgan fingerprint density at radius 1 is 0.772 bits per heavy atom. The van der Waals surface area contributed by atoms with Crippen LogP contribution in [0.5, 0.6) is 0 Å². The second-order valence-corrected chi connectivity index (χ2v) is 15.2. The molecule has 2 amide bonds. The van der Waals surface area contributed by atoms with Gasteiger partial charge in [-0.2, -0.15) is 0 Å². The second kappa shape index (κ2) is 20.1. The van der Waals surface area contributed by atoms with Crippen LogP contribution in [-0.2, 0) is 29.2 Å². The molecule has 3 aromatic carbocycles. The van der Waals surface area contributed by atoms with E-state index in [0.29, 0.717) is 47.0 Å². The van der Waals surface area contributed by atoms with Gasteiger partial charge < -0.3 is 30.0 Å². The Morgan fingerprint density at radius 2 is 1.30 bits per heavy atom. The smallest absolute Gasteiger partial charge is 0.320 e. The number of carbonyl (C=O) groups is 4. The Bertz CT molecular complexity index is 2130. The fourth-order valence-corrected chi connectivity index (χ4v) is 6.73. The van der Waals surface area contributed by atoms with E-state index in [1.807, 2.05) is 66.7 Å². The fourth-order valence-electron chi connectivity index (χ4n) is 6.48. The van der Waals surface area contributed by atoms with E-state index in [-0.39, 0.29) is 47.3 Å². The highest BCUT2D eigenvalue weighted by molar-refractivity contribution is 6.30. The lowest BCUT2D eigenvalue weighted by atomic mass is 9.76. The predicted octanol–water partition coefficient (Wildman–Crippen LogP) is 8.14. The number of aliphatic carboxylic acids is 1. The number of nitrogens with zero attached hydrogens (tertiary/aromatic N) is 4. The number of nitrogens with one attached hydrogen (secondary N) is 2. The highest BCUT2D eigenvalue weighted by Crippen LogP contribution is 2.32. The van der Waals surface area contributed by atoms with Crippen molar-refractivity contribution in [2.45, 2.75) is 78.3 Å². The van der Waals surface area contributed by atoms with Crippen molar-refractivity contribution in [1.29, 1.82) is 0 Å². The number of hydrogen-bond donors (Lipinski definition) is 4. The molecule has 2 fully saturated rings. The Hall–Kier alpha value is -5.50. The second-order valence-electron chi connectivity index (χ2n) is 14.3. The molecule has 0 radical (unpaired) electrons. The van der Waals surface area contributed by atoms with Crippen LogP contribution < -0.4 is 16.4 Å². The first-order chi connectivity index (χ1) is 27.2. The first-order valence-electron chi connectivity index (χ1n) is 18.6. The third-order valence-electron chi connectivity index (χ3n) is 9.62. The van der Waals surface area contributed by atoms with Crippen LogP contribution in [-0.4, -0.2) is 59.9 Å². The topological polar surface area (TPSA) is 183 Å². The largest absolute Gasteiger partial charge is 0.481 e. The van der Waals surface area contributed by atoms with Crippen molar-refractivity contribution in [2.24, 2.45) is 11.8 Å². The normalized spacial score (nSPS) is 18.0. The number of rotatable bonds is 12. The highest BCUT2D eigenvalue weighted by Gasteiger charge is 2.32. The van der Waals surface area contributed by atoms with Crippen LogP contribution in [0.3, 0.4) is 0 Å². The molecule has 0 saturated heterocycles.